The van der Waals surface area contributed by atoms with Gasteiger partial charge in [-0.1, -0.05) is 28.9 Å². The van der Waals surface area contributed by atoms with E-state index in [1.165, 1.54) is 22.0 Å². The smallest absolute Gasteiger partial charge is 0.0331 e. The van der Waals surface area contributed by atoms with Gasteiger partial charge in [0.15, 0.2) is 0 Å². The summed E-state index contributed by atoms with van der Waals surface area (Å²) in [7, 11) is 2.05. The van der Waals surface area contributed by atoms with Crippen molar-refractivity contribution < 1.29 is 0 Å². The molecular weight excluding hydrogens is 270 g/mol. The van der Waals surface area contributed by atoms with Crippen LogP contribution in [0.4, 0.5) is 0 Å². The Balaban J connectivity index is 2.39. The highest BCUT2D eigenvalue weighted by Gasteiger charge is 2.21. The minimum atomic E-state index is 0.502. The van der Waals surface area contributed by atoms with E-state index in [1.807, 2.05) is 0 Å². The van der Waals surface area contributed by atoms with Gasteiger partial charge < -0.3 is 5.32 Å². The quantitative estimate of drug-likeness (QED) is 0.844. The van der Waals surface area contributed by atoms with Crippen LogP contribution in [0.2, 0.25) is 0 Å². The minimum absolute atomic E-state index is 0.502. The van der Waals surface area contributed by atoms with Crippen LogP contribution in [0.25, 0.3) is 0 Å². The lowest BCUT2D eigenvalue weighted by Crippen LogP contribution is -2.19. The number of hydrogen-bond acceptors (Lipinski definition) is 2. The van der Waals surface area contributed by atoms with Crippen LogP contribution < -0.4 is 5.32 Å². The summed E-state index contributed by atoms with van der Waals surface area (Å²) in [6, 6.07) is 7.15. The van der Waals surface area contributed by atoms with Gasteiger partial charge in [-0.15, -0.1) is 0 Å². The maximum atomic E-state index is 3.55. The largest absolute Gasteiger partial charge is 0.313 e. The number of benzene rings is 1. The molecule has 0 saturated heterocycles. The van der Waals surface area contributed by atoms with Gasteiger partial charge in [0.25, 0.3) is 0 Å². The van der Waals surface area contributed by atoms with Crippen molar-refractivity contribution in [3.8, 4) is 0 Å². The van der Waals surface area contributed by atoms with Crippen molar-refractivity contribution in [2.75, 3.05) is 7.05 Å². The number of fused-ring (bicyclic) bond motifs is 1. The van der Waals surface area contributed by atoms with Crippen molar-refractivity contribution in [2.24, 2.45) is 0 Å². The van der Waals surface area contributed by atoms with Crippen molar-refractivity contribution in [1.29, 1.82) is 0 Å². The van der Waals surface area contributed by atoms with Gasteiger partial charge >= 0.3 is 0 Å². The van der Waals surface area contributed by atoms with Gasteiger partial charge in [0.05, 0.1) is 0 Å². The fourth-order valence-electron chi connectivity index (χ4n) is 2.05. The molecule has 15 heavy (non-hydrogen) atoms. The third-order valence-electron chi connectivity index (χ3n) is 2.92. The normalized spacial score (nSPS) is 25.8. The van der Waals surface area contributed by atoms with Gasteiger partial charge in [-0.05, 0) is 36.7 Å². The van der Waals surface area contributed by atoms with Gasteiger partial charge in [0.2, 0.25) is 0 Å². The topological polar surface area (TPSA) is 12.0 Å². The van der Waals surface area contributed by atoms with E-state index >= 15 is 0 Å². The zero-order valence-electron chi connectivity index (χ0n) is 9.09. The second kappa shape index (κ2) is 4.89. The first-order chi connectivity index (χ1) is 7.20. The number of nitrogens with one attached hydrogen (secondary N) is 1. The summed E-state index contributed by atoms with van der Waals surface area (Å²) >= 11 is 5.60. The lowest BCUT2D eigenvalue weighted by molar-refractivity contribution is 0.549. The van der Waals surface area contributed by atoms with E-state index in [4.69, 9.17) is 0 Å². The molecule has 0 spiro atoms. The minimum Gasteiger partial charge on any atom is -0.313 e. The molecule has 1 N–H and O–H groups in total. The van der Waals surface area contributed by atoms with Crippen molar-refractivity contribution >= 4 is 27.7 Å². The Hall–Kier alpha value is 0.01000. The summed E-state index contributed by atoms with van der Waals surface area (Å²) in [4.78, 5) is 0. The SMILES string of the molecule is CNC1CC(C)SCc2ccc(Br)cc21. The van der Waals surface area contributed by atoms with Crippen LogP contribution in [0.15, 0.2) is 22.7 Å². The van der Waals surface area contributed by atoms with Gasteiger partial charge in [0, 0.05) is 21.5 Å². The zero-order valence-corrected chi connectivity index (χ0v) is 11.5. The summed E-state index contributed by atoms with van der Waals surface area (Å²) in [5.41, 5.74) is 2.94. The molecule has 0 amide bonds. The summed E-state index contributed by atoms with van der Waals surface area (Å²) in [6.45, 7) is 2.32. The van der Waals surface area contributed by atoms with Gasteiger partial charge in [-0.2, -0.15) is 11.8 Å². The molecule has 1 heterocycles. The first kappa shape index (κ1) is 11.5. The Kier molecular flexibility index (Phi) is 3.75. The van der Waals surface area contributed by atoms with Crippen LogP contribution in [0.1, 0.15) is 30.5 Å². The van der Waals surface area contributed by atoms with E-state index in [0.29, 0.717) is 6.04 Å². The summed E-state index contributed by atoms with van der Waals surface area (Å²) < 4.78 is 1.18. The molecule has 0 bridgehead atoms. The molecule has 1 aliphatic rings. The third kappa shape index (κ3) is 2.58. The first-order valence-electron chi connectivity index (χ1n) is 5.28. The van der Waals surface area contributed by atoms with Crippen LogP contribution in [0.3, 0.4) is 0 Å². The van der Waals surface area contributed by atoms with Crippen LogP contribution >= 0.6 is 27.7 Å². The molecule has 0 radical (unpaired) electrons. The van der Waals surface area contributed by atoms with E-state index in [0.717, 1.165) is 11.0 Å². The molecule has 1 aliphatic heterocycles. The zero-order chi connectivity index (χ0) is 10.8. The van der Waals surface area contributed by atoms with Crippen LogP contribution in [0.5, 0.6) is 0 Å². The second-order valence-corrected chi connectivity index (χ2v) is 6.38. The van der Waals surface area contributed by atoms with Crippen molar-refractivity contribution in [1.82, 2.24) is 5.32 Å². The van der Waals surface area contributed by atoms with E-state index in [2.05, 4.69) is 65.2 Å². The molecule has 0 aromatic heterocycles. The monoisotopic (exact) mass is 285 g/mol. The standard InChI is InChI=1S/C12H16BrNS/c1-8-5-12(14-2)11-6-10(13)4-3-9(11)7-15-8/h3-4,6,8,12,14H,5,7H2,1-2H3. The second-order valence-electron chi connectivity index (χ2n) is 4.04. The molecule has 0 fully saturated rings. The number of hydrogen-bond donors (Lipinski definition) is 1. The lowest BCUT2D eigenvalue weighted by Gasteiger charge is -2.18. The van der Waals surface area contributed by atoms with Crippen molar-refractivity contribution in [3.63, 3.8) is 0 Å². The average molecular weight is 286 g/mol. The molecule has 0 saturated carbocycles. The lowest BCUT2D eigenvalue weighted by atomic mass is 9.98. The predicted molar refractivity (Wildman–Crippen MR) is 71.3 cm³/mol. The molecule has 2 atom stereocenters. The van der Waals surface area contributed by atoms with Gasteiger partial charge in [-0.25, -0.2) is 0 Å². The highest BCUT2D eigenvalue weighted by molar-refractivity contribution is 9.10. The predicted octanol–water partition coefficient (Wildman–Crippen LogP) is 3.74. The molecule has 3 heteroatoms. The molecular formula is C12H16BrNS. The highest BCUT2D eigenvalue weighted by Crippen LogP contribution is 2.35. The highest BCUT2D eigenvalue weighted by atomic mass is 79.9. The number of thioether (sulfide) groups is 1. The Labute approximate surface area is 104 Å². The van der Waals surface area contributed by atoms with E-state index in [-0.39, 0.29) is 0 Å². The summed E-state index contributed by atoms with van der Waals surface area (Å²) in [5, 5.41) is 4.15. The molecule has 82 valence electrons. The fraction of sp³-hybridized carbons (Fsp3) is 0.500. The Morgan fingerprint density at radius 2 is 2.27 bits per heavy atom. The summed E-state index contributed by atoms with van der Waals surface area (Å²) in [6.07, 6.45) is 1.21. The molecule has 2 unspecified atom stereocenters. The van der Waals surface area contributed by atoms with Gasteiger partial charge in [0.1, 0.15) is 0 Å². The molecule has 0 aliphatic carbocycles. The van der Waals surface area contributed by atoms with Gasteiger partial charge in [-0.3, -0.25) is 0 Å². The number of rotatable bonds is 1. The van der Waals surface area contributed by atoms with E-state index in [1.54, 1.807) is 0 Å². The molecule has 1 aromatic carbocycles. The molecule has 1 aromatic rings. The number of halogens is 1. The van der Waals surface area contributed by atoms with Crippen LogP contribution in [-0.4, -0.2) is 12.3 Å². The Morgan fingerprint density at radius 3 is 3.00 bits per heavy atom. The van der Waals surface area contributed by atoms with Crippen molar-refractivity contribution in [3.05, 3.63) is 33.8 Å². The first-order valence-corrected chi connectivity index (χ1v) is 7.12. The Morgan fingerprint density at radius 1 is 1.47 bits per heavy atom. The average Bonchev–Trinajstić information content (AvgIpc) is 2.38. The van der Waals surface area contributed by atoms with E-state index in [9.17, 15) is 0 Å². The third-order valence-corrected chi connectivity index (χ3v) is 4.66. The maximum absolute atomic E-state index is 3.55. The molecule has 2 rings (SSSR count). The van der Waals surface area contributed by atoms with Crippen molar-refractivity contribution in [2.45, 2.75) is 30.4 Å². The molecule has 1 nitrogen and oxygen atoms in total. The van der Waals surface area contributed by atoms with E-state index < -0.39 is 0 Å². The maximum Gasteiger partial charge on any atom is 0.0331 e. The Bertz CT molecular complexity index is 353. The van der Waals surface area contributed by atoms with Crippen LogP contribution in [0, 0.1) is 0 Å². The fourth-order valence-corrected chi connectivity index (χ4v) is 3.49. The van der Waals surface area contributed by atoms with Crippen LogP contribution in [-0.2, 0) is 5.75 Å². The summed E-state index contributed by atoms with van der Waals surface area (Å²) in [5.74, 6) is 1.14.